The SMILES string of the molecule is Cc1cc(-c2ccnc(Nc3c(C)nn(C)c3C)n2)ccc1CNC(=O)c1cnc(C(C)(C)C)s1. The number of amides is 1. The van der Waals surface area contributed by atoms with Crippen molar-refractivity contribution in [3.8, 4) is 11.3 Å². The fourth-order valence-corrected chi connectivity index (χ4v) is 4.58. The fraction of sp³-hybridized carbons (Fsp3) is 0.346. The van der Waals surface area contributed by atoms with E-state index in [-0.39, 0.29) is 11.3 Å². The second kappa shape index (κ2) is 9.58. The first-order chi connectivity index (χ1) is 16.5. The van der Waals surface area contributed by atoms with Crippen LogP contribution in [0.4, 0.5) is 11.6 Å². The summed E-state index contributed by atoms with van der Waals surface area (Å²) >= 11 is 1.44. The van der Waals surface area contributed by atoms with Crippen molar-refractivity contribution in [3.05, 3.63) is 69.1 Å². The standard InChI is InChI=1S/C26H31N7OS/c1-15-12-18(20-10-11-27-25(30-20)31-22-16(2)32-33(7)17(22)3)8-9-19(15)13-28-23(34)21-14-29-24(35-21)26(4,5)6/h8-12,14H,13H2,1-7H3,(H,28,34)(H,27,30,31). The van der Waals surface area contributed by atoms with Crippen LogP contribution in [-0.4, -0.2) is 30.6 Å². The Balaban J connectivity index is 1.46. The number of thiazole rings is 1. The lowest BCUT2D eigenvalue weighted by molar-refractivity contribution is 0.0954. The highest BCUT2D eigenvalue weighted by atomic mass is 32.1. The van der Waals surface area contributed by atoms with Gasteiger partial charge in [0, 0.05) is 30.8 Å². The van der Waals surface area contributed by atoms with E-state index in [0.29, 0.717) is 17.4 Å². The number of carbonyl (C=O) groups is 1. The summed E-state index contributed by atoms with van der Waals surface area (Å²) in [7, 11) is 1.91. The van der Waals surface area contributed by atoms with Crippen LogP contribution in [-0.2, 0) is 19.0 Å². The number of hydrogen-bond donors (Lipinski definition) is 2. The number of aryl methyl sites for hydroxylation is 3. The maximum Gasteiger partial charge on any atom is 0.263 e. The highest BCUT2D eigenvalue weighted by Gasteiger charge is 2.20. The molecule has 0 aliphatic rings. The summed E-state index contributed by atoms with van der Waals surface area (Å²) in [4.78, 5) is 26.7. The van der Waals surface area contributed by atoms with Crippen molar-refractivity contribution in [1.29, 1.82) is 0 Å². The van der Waals surface area contributed by atoms with E-state index in [4.69, 9.17) is 4.98 Å². The zero-order chi connectivity index (χ0) is 25.3. The molecular weight excluding hydrogens is 458 g/mol. The average molecular weight is 490 g/mol. The first kappa shape index (κ1) is 24.5. The van der Waals surface area contributed by atoms with Gasteiger partial charge in [-0.25, -0.2) is 15.0 Å². The van der Waals surface area contributed by atoms with E-state index in [1.54, 1.807) is 12.4 Å². The van der Waals surface area contributed by atoms with E-state index in [1.165, 1.54) is 11.3 Å². The largest absolute Gasteiger partial charge is 0.347 e. The maximum absolute atomic E-state index is 12.6. The highest BCUT2D eigenvalue weighted by molar-refractivity contribution is 7.13. The molecule has 0 saturated heterocycles. The minimum atomic E-state index is -0.103. The highest BCUT2D eigenvalue weighted by Crippen LogP contribution is 2.27. The van der Waals surface area contributed by atoms with Crippen LogP contribution in [0.15, 0.2) is 36.7 Å². The minimum absolute atomic E-state index is 0.0678. The van der Waals surface area contributed by atoms with Gasteiger partial charge in [0.25, 0.3) is 5.91 Å². The molecule has 1 amide bonds. The molecule has 0 bridgehead atoms. The first-order valence-electron chi connectivity index (χ1n) is 11.5. The molecule has 4 aromatic rings. The quantitative estimate of drug-likeness (QED) is 0.385. The van der Waals surface area contributed by atoms with Gasteiger partial charge in [0.15, 0.2) is 0 Å². The van der Waals surface area contributed by atoms with Crippen molar-refractivity contribution in [2.45, 2.75) is 53.5 Å². The van der Waals surface area contributed by atoms with Crippen LogP contribution >= 0.6 is 11.3 Å². The molecule has 3 aromatic heterocycles. The second-order valence-electron chi connectivity index (χ2n) is 9.66. The molecule has 0 radical (unpaired) electrons. The molecular formula is C26H31N7OS. The predicted molar refractivity (Wildman–Crippen MR) is 140 cm³/mol. The predicted octanol–water partition coefficient (Wildman–Crippen LogP) is 5.23. The number of anilines is 2. The number of carbonyl (C=O) groups excluding carboxylic acids is 1. The lowest BCUT2D eigenvalue weighted by Crippen LogP contribution is -2.22. The molecule has 0 spiro atoms. The van der Waals surface area contributed by atoms with Crippen LogP contribution in [0.5, 0.6) is 0 Å². The van der Waals surface area contributed by atoms with E-state index in [1.807, 2.05) is 50.7 Å². The van der Waals surface area contributed by atoms with Gasteiger partial charge in [-0.3, -0.25) is 9.48 Å². The summed E-state index contributed by atoms with van der Waals surface area (Å²) in [6, 6.07) is 8.02. The van der Waals surface area contributed by atoms with E-state index in [2.05, 4.69) is 52.5 Å². The van der Waals surface area contributed by atoms with Gasteiger partial charge in [-0.2, -0.15) is 5.10 Å². The van der Waals surface area contributed by atoms with E-state index >= 15 is 0 Å². The van der Waals surface area contributed by atoms with E-state index < -0.39 is 0 Å². The Morgan fingerprint density at radius 2 is 1.89 bits per heavy atom. The van der Waals surface area contributed by atoms with Crippen LogP contribution < -0.4 is 10.6 Å². The lowest BCUT2D eigenvalue weighted by atomic mass is 9.98. The third-order valence-electron chi connectivity index (χ3n) is 5.85. The number of rotatable bonds is 6. The smallest absolute Gasteiger partial charge is 0.263 e. The van der Waals surface area contributed by atoms with Crippen LogP contribution in [0.2, 0.25) is 0 Å². The Morgan fingerprint density at radius 1 is 1.11 bits per heavy atom. The summed E-state index contributed by atoms with van der Waals surface area (Å²) in [6.45, 7) is 12.7. The van der Waals surface area contributed by atoms with Gasteiger partial charge in [0.2, 0.25) is 5.95 Å². The van der Waals surface area contributed by atoms with Gasteiger partial charge in [-0.05, 0) is 44.0 Å². The molecule has 3 heterocycles. The minimum Gasteiger partial charge on any atom is -0.347 e. The summed E-state index contributed by atoms with van der Waals surface area (Å²) in [5, 5.41) is 11.7. The van der Waals surface area contributed by atoms with Crippen LogP contribution in [0, 0.1) is 20.8 Å². The summed E-state index contributed by atoms with van der Waals surface area (Å²) in [5.74, 6) is 0.420. The Morgan fingerprint density at radius 3 is 2.51 bits per heavy atom. The molecule has 9 heteroatoms. The molecule has 1 aromatic carbocycles. The molecule has 0 saturated carbocycles. The first-order valence-corrected chi connectivity index (χ1v) is 12.3. The molecule has 0 unspecified atom stereocenters. The van der Waals surface area contributed by atoms with Gasteiger partial charge in [-0.15, -0.1) is 11.3 Å². The van der Waals surface area contributed by atoms with Gasteiger partial charge >= 0.3 is 0 Å². The Hall–Kier alpha value is -3.59. The summed E-state index contributed by atoms with van der Waals surface area (Å²) < 4.78 is 1.83. The maximum atomic E-state index is 12.6. The molecule has 0 fully saturated rings. The molecule has 0 aliphatic carbocycles. The van der Waals surface area contributed by atoms with Crippen LogP contribution in [0.25, 0.3) is 11.3 Å². The zero-order valence-corrected chi connectivity index (χ0v) is 22.0. The van der Waals surface area contributed by atoms with Crippen molar-refractivity contribution in [1.82, 2.24) is 30.0 Å². The van der Waals surface area contributed by atoms with E-state index in [0.717, 1.165) is 44.5 Å². The monoisotopic (exact) mass is 489 g/mol. The van der Waals surface area contributed by atoms with Crippen molar-refractivity contribution >= 4 is 28.9 Å². The van der Waals surface area contributed by atoms with Crippen molar-refractivity contribution in [2.24, 2.45) is 7.05 Å². The molecule has 0 aliphatic heterocycles. The van der Waals surface area contributed by atoms with Crippen LogP contribution in [0.1, 0.15) is 58.0 Å². The Kier molecular flexibility index (Phi) is 6.71. The van der Waals surface area contributed by atoms with Crippen molar-refractivity contribution in [3.63, 3.8) is 0 Å². The second-order valence-corrected chi connectivity index (χ2v) is 10.7. The average Bonchev–Trinajstić information content (AvgIpc) is 3.40. The van der Waals surface area contributed by atoms with Crippen molar-refractivity contribution in [2.75, 3.05) is 5.32 Å². The van der Waals surface area contributed by atoms with Crippen molar-refractivity contribution < 1.29 is 4.79 Å². The fourth-order valence-electron chi connectivity index (χ4n) is 3.69. The molecule has 35 heavy (non-hydrogen) atoms. The Bertz CT molecular complexity index is 1380. The van der Waals surface area contributed by atoms with Gasteiger partial charge in [-0.1, -0.05) is 32.9 Å². The van der Waals surface area contributed by atoms with Gasteiger partial charge < -0.3 is 10.6 Å². The van der Waals surface area contributed by atoms with Gasteiger partial charge in [0.05, 0.1) is 34.0 Å². The lowest BCUT2D eigenvalue weighted by Gasteiger charge is -2.13. The molecule has 2 N–H and O–H groups in total. The third kappa shape index (κ3) is 5.40. The molecule has 8 nitrogen and oxygen atoms in total. The zero-order valence-electron chi connectivity index (χ0n) is 21.2. The summed E-state index contributed by atoms with van der Waals surface area (Å²) in [5.41, 5.74) is 6.70. The van der Waals surface area contributed by atoms with Crippen LogP contribution in [0.3, 0.4) is 0 Å². The number of nitrogens with one attached hydrogen (secondary N) is 2. The normalized spacial score (nSPS) is 11.5. The molecule has 182 valence electrons. The van der Waals surface area contributed by atoms with E-state index in [9.17, 15) is 4.79 Å². The van der Waals surface area contributed by atoms with Gasteiger partial charge in [0.1, 0.15) is 4.88 Å². The number of nitrogens with zero attached hydrogens (tertiary/aromatic N) is 5. The Labute approximate surface area is 209 Å². The number of aromatic nitrogens is 5. The summed E-state index contributed by atoms with van der Waals surface area (Å²) in [6.07, 6.45) is 3.40. The third-order valence-corrected chi connectivity index (χ3v) is 7.27. The number of benzene rings is 1. The molecule has 0 atom stereocenters. The topological polar surface area (TPSA) is 97.6 Å². The molecule has 4 rings (SSSR count). The number of hydrogen-bond acceptors (Lipinski definition) is 7.